The van der Waals surface area contributed by atoms with Crippen molar-refractivity contribution in [2.75, 3.05) is 13.2 Å². The Bertz CT molecular complexity index is 196. The highest BCUT2D eigenvalue weighted by molar-refractivity contribution is 5.03. The predicted molar refractivity (Wildman–Crippen MR) is 51.3 cm³/mol. The largest absolute Gasteiger partial charge is 0.375 e. The smallest absolute Gasteiger partial charge is 0.127 e. The van der Waals surface area contributed by atoms with E-state index >= 15 is 0 Å². The third kappa shape index (κ3) is 2.98. The van der Waals surface area contributed by atoms with Crippen LogP contribution in [-0.2, 0) is 4.74 Å². The predicted octanol–water partition coefficient (Wildman–Crippen LogP) is 1.45. The molecule has 13 heavy (non-hydrogen) atoms. The van der Waals surface area contributed by atoms with Crippen LogP contribution in [0.4, 0.5) is 0 Å². The summed E-state index contributed by atoms with van der Waals surface area (Å²) in [6.07, 6.45) is 4.00. The van der Waals surface area contributed by atoms with Crippen molar-refractivity contribution >= 4 is 0 Å². The molecule has 0 bridgehead atoms. The molecule has 1 aliphatic carbocycles. The van der Waals surface area contributed by atoms with E-state index < -0.39 is 5.54 Å². The van der Waals surface area contributed by atoms with E-state index in [0.717, 1.165) is 19.4 Å². The normalized spacial score (nSPS) is 21.6. The lowest BCUT2D eigenvalue weighted by Gasteiger charge is -2.30. The molecule has 0 radical (unpaired) electrons. The van der Waals surface area contributed by atoms with E-state index in [9.17, 15) is 0 Å². The molecule has 1 aliphatic rings. The highest BCUT2D eigenvalue weighted by Crippen LogP contribution is 2.22. The maximum atomic E-state index is 8.93. The monoisotopic (exact) mass is 182 g/mol. The Morgan fingerprint density at radius 3 is 2.69 bits per heavy atom. The molecule has 0 heterocycles. The van der Waals surface area contributed by atoms with Gasteiger partial charge in [-0.3, -0.25) is 5.32 Å². The first-order valence-corrected chi connectivity index (χ1v) is 4.98. The van der Waals surface area contributed by atoms with Gasteiger partial charge in [0.05, 0.1) is 18.8 Å². The number of nitrogens with zero attached hydrogens (tertiary/aromatic N) is 1. The van der Waals surface area contributed by atoms with E-state index in [2.05, 4.69) is 11.4 Å². The average Bonchev–Trinajstić information content (AvgIpc) is 2.02. The molecule has 0 aliphatic heterocycles. The van der Waals surface area contributed by atoms with Crippen LogP contribution in [0.2, 0.25) is 0 Å². The Balaban J connectivity index is 2.25. The van der Waals surface area contributed by atoms with E-state index in [4.69, 9.17) is 10.00 Å². The number of likely N-dealkylation sites (N-methyl/N-ethyl adjacent to an activating group) is 1. The quantitative estimate of drug-likeness (QED) is 0.700. The Kier molecular flexibility index (Phi) is 3.71. The van der Waals surface area contributed by atoms with Crippen LogP contribution in [0.15, 0.2) is 0 Å². The highest BCUT2D eigenvalue weighted by Gasteiger charge is 2.26. The lowest BCUT2D eigenvalue weighted by molar-refractivity contribution is -0.0165. The summed E-state index contributed by atoms with van der Waals surface area (Å²) in [5.74, 6) is 0. The molecular weight excluding hydrogens is 164 g/mol. The van der Waals surface area contributed by atoms with Gasteiger partial charge in [0, 0.05) is 0 Å². The number of nitriles is 1. The van der Waals surface area contributed by atoms with E-state index in [0.29, 0.717) is 12.7 Å². The fraction of sp³-hybridized carbons (Fsp3) is 0.900. The first-order valence-electron chi connectivity index (χ1n) is 4.98. The van der Waals surface area contributed by atoms with E-state index in [1.165, 1.54) is 6.42 Å². The number of rotatable bonds is 5. The zero-order valence-electron chi connectivity index (χ0n) is 8.47. The van der Waals surface area contributed by atoms with Crippen molar-refractivity contribution in [1.29, 1.82) is 5.26 Å². The number of nitrogens with one attached hydrogen (secondary N) is 1. The van der Waals surface area contributed by atoms with Crippen molar-refractivity contribution in [3.63, 3.8) is 0 Å². The Hall–Kier alpha value is -0.590. The molecular formula is C10H18N2O. The van der Waals surface area contributed by atoms with Crippen molar-refractivity contribution in [3.05, 3.63) is 0 Å². The van der Waals surface area contributed by atoms with Crippen LogP contribution in [0.3, 0.4) is 0 Å². The van der Waals surface area contributed by atoms with Crippen LogP contribution in [0.25, 0.3) is 0 Å². The van der Waals surface area contributed by atoms with Crippen LogP contribution in [0.1, 0.15) is 33.1 Å². The van der Waals surface area contributed by atoms with Crippen LogP contribution in [-0.4, -0.2) is 24.8 Å². The molecule has 0 aromatic rings. The maximum Gasteiger partial charge on any atom is 0.127 e. The van der Waals surface area contributed by atoms with Gasteiger partial charge in [-0.05, 0) is 32.7 Å². The lowest BCUT2D eigenvalue weighted by atomic mass is 9.96. The van der Waals surface area contributed by atoms with Gasteiger partial charge >= 0.3 is 0 Å². The standard InChI is InChI=1S/C10H18N2O/c1-3-12-10(2,7-11)8-13-9-5-4-6-9/h9,12H,3-6,8H2,1-2H3. The summed E-state index contributed by atoms with van der Waals surface area (Å²) in [6.45, 7) is 5.19. The van der Waals surface area contributed by atoms with Gasteiger partial charge in [0.15, 0.2) is 0 Å². The molecule has 0 saturated heterocycles. The molecule has 1 unspecified atom stereocenters. The molecule has 3 nitrogen and oxygen atoms in total. The van der Waals surface area contributed by atoms with Gasteiger partial charge in [-0.2, -0.15) is 5.26 Å². The molecule has 1 saturated carbocycles. The molecule has 1 fully saturated rings. The number of ether oxygens (including phenoxy) is 1. The number of hydrogen-bond acceptors (Lipinski definition) is 3. The van der Waals surface area contributed by atoms with Gasteiger partial charge in [0.1, 0.15) is 5.54 Å². The van der Waals surface area contributed by atoms with Gasteiger partial charge in [0.2, 0.25) is 0 Å². The third-order valence-corrected chi connectivity index (χ3v) is 2.47. The minimum atomic E-state index is -0.510. The van der Waals surface area contributed by atoms with Gasteiger partial charge in [-0.25, -0.2) is 0 Å². The number of hydrogen-bond donors (Lipinski definition) is 1. The zero-order chi connectivity index (χ0) is 9.73. The average molecular weight is 182 g/mol. The fourth-order valence-electron chi connectivity index (χ4n) is 1.33. The molecule has 3 heteroatoms. The molecule has 1 rings (SSSR count). The van der Waals surface area contributed by atoms with Gasteiger partial charge in [0.25, 0.3) is 0 Å². The molecule has 0 aromatic heterocycles. The molecule has 0 spiro atoms. The second-order valence-corrected chi connectivity index (χ2v) is 3.84. The van der Waals surface area contributed by atoms with Crippen molar-refractivity contribution < 1.29 is 4.74 Å². The van der Waals surface area contributed by atoms with Crippen LogP contribution in [0.5, 0.6) is 0 Å². The molecule has 1 N–H and O–H groups in total. The SMILES string of the molecule is CCNC(C)(C#N)COC1CCC1. The maximum absolute atomic E-state index is 8.93. The molecule has 0 amide bonds. The van der Waals surface area contributed by atoms with Gasteiger partial charge in [-0.1, -0.05) is 6.92 Å². The van der Waals surface area contributed by atoms with Crippen molar-refractivity contribution in [2.45, 2.75) is 44.8 Å². The Morgan fingerprint density at radius 2 is 2.31 bits per heavy atom. The highest BCUT2D eigenvalue weighted by atomic mass is 16.5. The summed E-state index contributed by atoms with van der Waals surface area (Å²) in [7, 11) is 0. The van der Waals surface area contributed by atoms with Crippen molar-refractivity contribution in [3.8, 4) is 6.07 Å². The summed E-state index contributed by atoms with van der Waals surface area (Å²) < 4.78 is 5.60. The Labute approximate surface area is 80.1 Å². The molecule has 0 aromatic carbocycles. The second-order valence-electron chi connectivity index (χ2n) is 3.84. The summed E-state index contributed by atoms with van der Waals surface area (Å²) in [6, 6.07) is 2.25. The Morgan fingerprint density at radius 1 is 1.62 bits per heavy atom. The fourth-order valence-corrected chi connectivity index (χ4v) is 1.33. The van der Waals surface area contributed by atoms with Gasteiger partial charge in [-0.15, -0.1) is 0 Å². The van der Waals surface area contributed by atoms with Crippen LogP contribution in [0, 0.1) is 11.3 Å². The summed E-state index contributed by atoms with van der Waals surface area (Å²) in [5.41, 5.74) is -0.510. The molecule has 1 atom stereocenters. The van der Waals surface area contributed by atoms with Crippen LogP contribution < -0.4 is 5.32 Å². The first kappa shape index (κ1) is 10.5. The van der Waals surface area contributed by atoms with E-state index in [1.54, 1.807) is 0 Å². The molecule has 74 valence electrons. The topological polar surface area (TPSA) is 45.0 Å². The van der Waals surface area contributed by atoms with E-state index in [-0.39, 0.29) is 0 Å². The zero-order valence-corrected chi connectivity index (χ0v) is 8.47. The first-order chi connectivity index (χ1) is 6.20. The second kappa shape index (κ2) is 4.59. The third-order valence-electron chi connectivity index (χ3n) is 2.47. The summed E-state index contributed by atoms with van der Waals surface area (Å²) >= 11 is 0. The minimum absolute atomic E-state index is 0.409. The van der Waals surface area contributed by atoms with Crippen LogP contribution >= 0.6 is 0 Å². The van der Waals surface area contributed by atoms with Crippen molar-refractivity contribution in [1.82, 2.24) is 5.32 Å². The van der Waals surface area contributed by atoms with Crippen molar-refractivity contribution in [2.24, 2.45) is 0 Å². The lowest BCUT2D eigenvalue weighted by Crippen LogP contribution is -2.46. The summed E-state index contributed by atoms with van der Waals surface area (Å²) in [5, 5.41) is 12.1. The van der Waals surface area contributed by atoms with E-state index in [1.807, 2.05) is 13.8 Å². The minimum Gasteiger partial charge on any atom is -0.375 e. The van der Waals surface area contributed by atoms with Gasteiger partial charge < -0.3 is 4.74 Å². The summed E-state index contributed by atoms with van der Waals surface area (Å²) in [4.78, 5) is 0.